The van der Waals surface area contributed by atoms with Crippen LogP contribution in [0.1, 0.15) is 131 Å². The van der Waals surface area contributed by atoms with E-state index in [0.717, 1.165) is 18.2 Å². The summed E-state index contributed by atoms with van der Waals surface area (Å²) in [5.41, 5.74) is 2.01. The van der Waals surface area contributed by atoms with Crippen molar-refractivity contribution in [1.29, 1.82) is 0 Å². The molecule has 12 rings (SSSR count). The van der Waals surface area contributed by atoms with Gasteiger partial charge >= 0.3 is 11.9 Å². The van der Waals surface area contributed by atoms with E-state index in [-0.39, 0.29) is 64.3 Å². The Balaban J connectivity index is 0.000000166. The van der Waals surface area contributed by atoms with E-state index in [2.05, 4.69) is 36.6 Å². The maximum absolute atomic E-state index is 14.9. The molecule has 400 valence electrons. The highest BCUT2D eigenvalue weighted by Gasteiger charge is 2.63. The molecule has 9 atom stereocenters. The molecular formula is C56H55F2N7O12. The summed E-state index contributed by atoms with van der Waals surface area (Å²) in [5, 5.41) is 35.0. The second-order valence-electron chi connectivity index (χ2n) is 21.1. The number of fused-ring (bicyclic) bond motifs is 8. The lowest BCUT2D eigenvalue weighted by molar-refractivity contribution is -0.143. The van der Waals surface area contributed by atoms with Gasteiger partial charge in [-0.3, -0.25) is 14.4 Å². The number of carboxylic acid groups (broad SMARTS) is 1. The summed E-state index contributed by atoms with van der Waals surface area (Å²) in [6.45, 7) is 10.5. The number of aromatic carboxylic acids is 1. The number of halogens is 2. The number of amides is 3. The Morgan fingerprint density at radius 3 is 1.57 bits per heavy atom. The third-order valence-corrected chi connectivity index (χ3v) is 15.4. The predicted molar refractivity (Wildman–Crippen MR) is 269 cm³/mol. The molecule has 6 aliphatic rings. The van der Waals surface area contributed by atoms with Gasteiger partial charge in [0.05, 0.1) is 13.7 Å². The van der Waals surface area contributed by atoms with Crippen molar-refractivity contribution in [1.82, 2.24) is 25.9 Å². The minimum absolute atomic E-state index is 0.0443. The van der Waals surface area contributed by atoms with Gasteiger partial charge < -0.3 is 59.8 Å². The quantitative estimate of drug-likeness (QED) is 0.0835. The van der Waals surface area contributed by atoms with Crippen LogP contribution in [0.4, 0.5) is 20.2 Å². The molecule has 6 aliphatic heterocycles. The van der Waals surface area contributed by atoms with Gasteiger partial charge in [-0.2, -0.15) is 0 Å². The summed E-state index contributed by atoms with van der Waals surface area (Å²) < 4.78 is 59.6. The van der Waals surface area contributed by atoms with Crippen LogP contribution < -0.4 is 36.1 Å². The van der Waals surface area contributed by atoms with Crippen LogP contribution in [0.25, 0.3) is 0 Å². The first-order chi connectivity index (χ1) is 36.8. The van der Waals surface area contributed by atoms with Crippen molar-refractivity contribution in [2.24, 2.45) is 23.7 Å². The second-order valence-corrected chi connectivity index (χ2v) is 21.1. The number of benzene rings is 4. The van der Waals surface area contributed by atoms with E-state index in [0.29, 0.717) is 58.0 Å². The highest BCUT2D eigenvalue weighted by molar-refractivity contribution is 5.97. The van der Waals surface area contributed by atoms with Gasteiger partial charge in [-0.15, -0.1) is 0 Å². The average Bonchev–Trinajstić information content (AvgIpc) is 4.25. The number of hydrogen-bond acceptors (Lipinski definition) is 15. The molecule has 7 unspecified atom stereocenters. The molecule has 4 aromatic carbocycles. The molecule has 6 aromatic rings. The van der Waals surface area contributed by atoms with E-state index >= 15 is 0 Å². The number of methoxy groups -OCH3 is 1. The largest absolute Gasteiger partial charge is 0.476 e. The lowest BCUT2D eigenvalue weighted by Gasteiger charge is -2.28. The summed E-state index contributed by atoms with van der Waals surface area (Å²) in [5.74, 6) is -4.15. The highest BCUT2D eigenvalue weighted by Crippen LogP contribution is 2.60. The number of carbonyl (C=O) groups excluding carboxylic acids is 4. The summed E-state index contributed by atoms with van der Waals surface area (Å²) in [6.07, 6.45) is -0.721. The fourth-order valence-electron chi connectivity index (χ4n) is 11.6. The molecule has 0 radical (unpaired) electrons. The summed E-state index contributed by atoms with van der Waals surface area (Å²) >= 11 is 0. The van der Waals surface area contributed by atoms with E-state index in [1.54, 1.807) is 24.3 Å². The topological polar surface area (TPSA) is 266 Å². The van der Waals surface area contributed by atoms with Crippen LogP contribution in [0.3, 0.4) is 0 Å². The van der Waals surface area contributed by atoms with Gasteiger partial charge in [-0.05, 0) is 84.3 Å². The van der Waals surface area contributed by atoms with Gasteiger partial charge in [-0.1, -0.05) is 65.8 Å². The molecule has 0 fully saturated rings. The van der Waals surface area contributed by atoms with Crippen molar-refractivity contribution >= 4 is 41.0 Å². The van der Waals surface area contributed by atoms with E-state index in [4.69, 9.17) is 23.0 Å². The zero-order valence-electron chi connectivity index (χ0n) is 42.9. The number of anilines is 2. The number of esters is 1. The number of aromatic nitrogens is 2. The first-order valence-electron chi connectivity index (χ1n) is 25.4. The first kappa shape index (κ1) is 50.8. The van der Waals surface area contributed by atoms with Gasteiger partial charge in [0, 0.05) is 45.5 Å². The number of aliphatic hydroxyl groups is 1. The van der Waals surface area contributed by atoms with Crippen LogP contribution in [-0.2, 0) is 42.8 Å². The zero-order valence-corrected chi connectivity index (χ0v) is 42.9. The Bertz CT molecular complexity index is 3450. The van der Waals surface area contributed by atoms with Crippen LogP contribution in [0.15, 0.2) is 81.6 Å². The third-order valence-electron chi connectivity index (χ3n) is 15.4. The molecule has 7 N–H and O–H groups in total. The second kappa shape index (κ2) is 18.7. The fraction of sp³-hybridized carbons (Fsp3) is 0.375. The van der Waals surface area contributed by atoms with Gasteiger partial charge in [0.25, 0.3) is 5.91 Å². The molecule has 0 saturated heterocycles. The molecule has 0 saturated carbocycles. The number of carboxylic acids is 1. The fourth-order valence-corrected chi connectivity index (χ4v) is 11.6. The van der Waals surface area contributed by atoms with Crippen molar-refractivity contribution < 1.29 is 66.0 Å². The van der Waals surface area contributed by atoms with Crippen LogP contribution in [0, 0.1) is 35.3 Å². The zero-order chi connectivity index (χ0) is 54.6. The van der Waals surface area contributed by atoms with Gasteiger partial charge in [0.1, 0.15) is 46.0 Å². The maximum Gasteiger partial charge on any atom is 0.358 e. The van der Waals surface area contributed by atoms with E-state index in [1.807, 2.05) is 65.8 Å². The number of nitrogens with one attached hydrogen (secondary N) is 5. The molecule has 8 heterocycles. The highest BCUT2D eigenvalue weighted by atomic mass is 19.1. The molecule has 19 nitrogen and oxygen atoms in total. The SMILES string of the molecule is CC1Cc2ccc3c(c2)C2(c4cc(F)ccc4N[C@@H]2O3)c2oc(nc2C(=O)O)C(C(C)C)NC1=O.COC(=O)C(CO)NC(=O)c1nc2oc1C13c4cc(F)ccc4N[C@@H]1Oc1ccc(cc13)CC(C)C(=O)NC2C(C)C. The third kappa shape index (κ3) is 7.94. The average molecular weight is 1060 g/mol. The summed E-state index contributed by atoms with van der Waals surface area (Å²) in [7, 11) is 1.14. The Labute approximate surface area is 439 Å². The lowest BCUT2D eigenvalue weighted by atomic mass is 9.72. The molecule has 21 heteroatoms. The van der Waals surface area contributed by atoms with E-state index in [9.17, 15) is 43.0 Å². The number of oxazole rings is 2. The number of ether oxygens (including phenoxy) is 3. The minimum Gasteiger partial charge on any atom is -0.476 e. The standard InChI is InChI=1S/C30H31FN4O7.C26H24FN3O5/c1-13(2)22-27-35-23(26(38)32-20(12-36)28(39)40-4)24(42-27)30-17-11-16(31)6-7-19(17)33-29(30)41-21-8-5-15(10-18(21)30)9-14(3)25(37)34-22;1-11(2)19-23-30-20(24(32)33)21(35-23)26-15-10-14(27)5-6-17(15)28-25(26)34-18-7-4-13(9-16(18)26)8-12(3)22(31)29-19/h5-8,10-11,13-14,20,22,29,33,36H,9,12H2,1-4H3,(H,32,38)(H,34,37);4-7,9-12,19,25,28H,8H2,1-3H3,(H,29,31)(H,32,33)/t14?,20?,22?,29-,30?;12?,19?,25-,26?/m11/s1. The van der Waals surface area contributed by atoms with Crippen molar-refractivity contribution in [2.45, 2.75) is 95.8 Å². The Hall–Kier alpha value is -8.33. The van der Waals surface area contributed by atoms with Gasteiger partial charge in [-0.25, -0.2) is 28.3 Å². The van der Waals surface area contributed by atoms with E-state index in [1.165, 1.54) is 24.3 Å². The first-order valence-corrected chi connectivity index (χ1v) is 25.4. The Kier molecular flexibility index (Phi) is 12.4. The molecule has 2 spiro atoms. The van der Waals surface area contributed by atoms with Crippen LogP contribution in [0.5, 0.6) is 11.5 Å². The van der Waals surface area contributed by atoms with Crippen molar-refractivity contribution in [3.63, 3.8) is 0 Å². The monoisotopic (exact) mass is 1060 g/mol. The summed E-state index contributed by atoms with van der Waals surface area (Å²) in [4.78, 5) is 73.9. The Morgan fingerprint density at radius 2 is 1.14 bits per heavy atom. The minimum atomic E-state index is -1.38. The van der Waals surface area contributed by atoms with Gasteiger partial charge in [0.2, 0.25) is 23.6 Å². The molecule has 0 aliphatic carbocycles. The number of nitrogens with zero attached hydrogens (tertiary/aromatic N) is 2. The van der Waals surface area contributed by atoms with Gasteiger partial charge in [0.15, 0.2) is 41.4 Å². The summed E-state index contributed by atoms with van der Waals surface area (Å²) in [6, 6.07) is 17.0. The molecule has 77 heavy (non-hydrogen) atoms. The van der Waals surface area contributed by atoms with E-state index < -0.39 is 83.4 Å². The smallest absolute Gasteiger partial charge is 0.358 e. The van der Waals surface area contributed by atoms with Crippen LogP contribution in [-0.4, -0.2) is 82.1 Å². The van der Waals surface area contributed by atoms with Crippen molar-refractivity contribution in [3.8, 4) is 11.5 Å². The lowest BCUT2D eigenvalue weighted by Crippen LogP contribution is -2.46. The Morgan fingerprint density at radius 1 is 0.688 bits per heavy atom. The maximum atomic E-state index is 14.9. The number of carbonyl (C=O) groups is 5. The van der Waals surface area contributed by atoms with Crippen molar-refractivity contribution in [3.05, 3.63) is 153 Å². The number of aliphatic hydroxyl groups excluding tert-OH is 1. The number of hydrogen-bond donors (Lipinski definition) is 7. The predicted octanol–water partition coefficient (Wildman–Crippen LogP) is 6.56. The number of rotatable bonds is 7. The van der Waals surface area contributed by atoms with Crippen molar-refractivity contribution in [2.75, 3.05) is 24.4 Å². The molecule has 3 amide bonds. The van der Waals surface area contributed by atoms with Crippen LogP contribution in [0.2, 0.25) is 0 Å². The van der Waals surface area contributed by atoms with Crippen LogP contribution >= 0.6 is 0 Å². The normalized spacial score (nSPS) is 25.1. The molecular weight excluding hydrogens is 1000 g/mol. The molecule has 2 aromatic heterocycles. The molecule has 8 bridgehead atoms.